The second kappa shape index (κ2) is 4.80. The number of nitrogen functional groups attached to an aromatic ring is 1. The van der Waals surface area contributed by atoms with Gasteiger partial charge in [0.15, 0.2) is 5.75 Å². The van der Waals surface area contributed by atoms with Crippen molar-refractivity contribution in [2.45, 2.75) is 6.61 Å². The molecule has 0 unspecified atom stereocenters. The lowest BCUT2D eigenvalue weighted by Gasteiger charge is -2.09. The standard InChI is InChI=1S/C10H8BrFN2OS/c11-7-3-6(12)4-8(13)10(7)15-5-9-14-1-2-16-9/h1-4H,5,13H2. The summed E-state index contributed by atoms with van der Waals surface area (Å²) in [5.41, 5.74) is 5.92. The first kappa shape index (κ1) is 11.3. The molecular formula is C10H8BrFN2OS. The molecule has 84 valence electrons. The third kappa shape index (κ3) is 2.51. The summed E-state index contributed by atoms with van der Waals surface area (Å²) >= 11 is 4.69. The van der Waals surface area contributed by atoms with Crippen LogP contribution in [0, 0.1) is 5.82 Å². The summed E-state index contributed by atoms with van der Waals surface area (Å²) in [5, 5.41) is 2.71. The Labute approximate surface area is 104 Å². The molecule has 1 heterocycles. The van der Waals surface area contributed by atoms with E-state index < -0.39 is 5.82 Å². The largest absolute Gasteiger partial charge is 0.483 e. The maximum atomic E-state index is 12.9. The first-order valence-corrected chi connectivity index (χ1v) is 6.10. The van der Waals surface area contributed by atoms with Crippen LogP contribution in [0.25, 0.3) is 0 Å². The molecule has 0 amide bonds. The fourth-order valence-electron chi connectivity index (χ4n) is 1.19. The van der Waals surface area contributed by atoms with Crippen LogP contribution in [0.1, 0.15) is 5.01 Å². The molecule has 0 radical (unpaired) electrons. The number of nitrogens with two attached hydrogens (primary N) is 1. The molecule has 16 heavy (non-hydrogen) atoms. The molecule has 2 N–H and O–H groups in total. The van der Waals surface area contributed by atoms with Gasteiger partial charge in [0.2, 0.25) is 0 Å². The number of ether oxygens (including phenoxy) is 1. The number of halogens is 2. The van der Waals surface area contributed by atoms with E-state index in [4.69, 9.17) is 10.5 Å². The molecule has 0 spiro atoms. The lowest BCUT2D eigenvalue weighted by atomic mass is 10.3. The first-order valence-electron chi connectivity index (χ1n) is 4.42. The van der Waals surface area contributed by atoms with E-state index in [9.17, 15) is 4.39 Å². The Bertz CT molecular complexity index is 467. The Morgan fingerprint density at radius 1 is 1.50 bits per heavy atom. The van der Waals surface area contributed by atoms with E-state index in [2.05, 4.69) is 20.9 Å². The average molecular weight is 303 g/mol. The van der Waals surface area contributed by atoms with Gasteiger partial charge in [-0.1, -0.05) is 0 Å². The molecule has 0 saturated carbocycles. The average Bonchev–Trinajstić information content (AvgIpc) is 2.68. The predicted octanol–water partition coefficient (Wildman–Crippen LogP) is 3.21. The van der Waals surface area contributed by atoms with Crippen molar-refractivity contribution < 1.29 is 9.13 Å². The first-order chi connectivity index (χ1) is 7.66. The highest BCUT2D eigenvalue weighted by atomic mass is 79.9. The number of hydrogen-bond donors (Lipinski definition) is 1. The van der Waals surface area contributed by atoms with Crippen molar-refractivity contribution >= 4 is 33.0 Å². The second-order valence-corrected chi connectivity index (χ2v) is 4.85. The lowest BCUT2D eigenvalue weighted by Crippen LogP contribution is -1.99. The second-order valence-electron chi connectivity index (χ2n) is 3.02. The number of rotatable bonds is 3. The molecule has 0 fully saturated rings. The van der Waals surface area contributed by atoms with Crippen molar-refractivity contribution in [2.24, 2.45) is 0 Å². The van der Waals surface area contributed by atoms with Crippen molar-refractivity contribution in [1.82, 2.24) is 4.98 Å². The molecule has 2 aromatic rings. The fourth-order valence-corrected chi connectivity index (χ4v) is 2.28. The molecule has 6 heteroatoms. The Morgan fingerprint density at radius 2 is 2.31 bits per heavy atom. The Kier molecular flexibility index (Phi) is 3.40. The van der Waals surface area contributed by atoms with Crippen LogP contribution in [0.15, 0.2) is 28.2 Å². The van der Waals surface area contributed by atoms with Crippen LogP contribution >= 0.6 is 27.3 Å². The SMILES string of the molecule is Nc1cc(F)cc(Br)c1OCc1nccs1. The minimum atomic E-state index is -0.397. The van der Waals surface area contributed by atoms with Gasteiger partial charge in [-0.3, -0.25) is 0 Å². The van der Waals surface area contributed by atoms with E-state index in [-0.39, 0.29) is 5.69 Å². The highest BCUT2D eigenvalue weighted by molar-refractivity contribution is 9.10. The third-order valence-corrected chi connectivity index (χ3v) is 3.20. The summed E-state index contributed by atoms with van der Waals surface area (Å²) in [6, 6.07) is 2.54. The quantitative estimate of drug-likeness (QED) is 0.886. The topological polar surface area (TPSA) is 48.1 Å². The summed E-state index contributed by atoms with van der Waals surface area (Å²) in [4.78, 5) is 4.07. The molecule has 2 rings (SSSR count). The molecule has 0 aliphatic carbocycles. The number of benzene rings is 1. The van der Waals surface area contributed by atoms with Crippen LogP contribution in [0.2, 0.25) is 0 Å². The highest BCUT2D eigenvalue weighted by Gasteiger charge is 2.09. The van der Waals surface area contributed by atoms with Crippen LogP contribution in [-0.2, 0) is 6.61 Å². The van der Waals surface area contributed by atoms with Gasteiger partial charge in [-0.05, 0) is 22.0 Å². The van der Waals surface area contributed by atoms with Gasteiger partial charge in [0.05, 0.1) is 10.2 Å². The van der Waals surface area contributed by atoms with Crippen LogP contribution in [-0.4, -0.2) is 4.98 Å². The van der Waals surface area contributed by atoms with Gasteiger partial charge in [-0.25, -0.2) is 9.37 Å². The zero-order valence-corrected chi connectivity index (χ0v) is 10.5. The van der Waals surface area contributed by atoms with E-state index in [0.29, 0.717) is 16.8 Å². The summed E-state index contributed by atoms with van der Waals surface area (Å²) in [5.74, 6) is 0.0440. The number of nitrogens with zero attached hydrogens (tertiary/aromatic N) is 1. The van der Waals surface area contributed by atoms with Crippen LogP contribution in [0.4, 0.5) is 10.1 Å². The minimum absolute atomic E-state index is 0.267. The van der Waals surface area contributed by atoms with Gasteiger partial charge in [-0.15, -0.1) is 11.3 Å². The van der Waals surface area contributed by atoms with Crippen molar-refractivity contribution in [3.8, 4) is 5.75 Å². The highest BCUT2D eigenvalue weighted by Crippen LogP contribution is 2.33. The summed E-state index contributed by atoms with van der Waals surface area (Å²) in [6.45, 7) is 0.325. The normalized spacial score (nSPS) is 10.4. The van der Waals surface area contributed by atoms with Gasteiger partial charge in [-0.2, -0.15) is 0 Å². The van der Waals surface area contributed by atoms with E-state index in [0.717, 1.165) is 5.01 Å². The summed E-state index contributed by atoms with van der Waals surface area (Å²) in [7, 11) is 0. The predicted molar refractivity (Wildman–Crippen MR) is 65.0 cm³/mol. The number of thiazole rings is 1. The van der Waals surface area contributed by atoms with Gasteiger partial charge in [0.1, 0.15) is 17.4 Å². The Morgan fingerprint density at radius 3 is 2.94 bits per heavy atom. The molecule has 3 nitrogen and oxygen atoms in total. The number of hydrogen-bond acceptors (Lipinski definition) is 4. The molecule has 0 bridgehead atoms. The number of anilines is 1. The van der Waals surface area contributed by atoms with Crippen molar-refractivity contribution in [2.75, 3.05) is 5.73 Å². The molecule has 0 saturated heterocycles. The van der Waals surface area contributed by atoms with Crippen molar-refractivity contribution in [3.63, 3.8) is 0 Å². The maximum absolute atomic E-state index is 12.9. The summed E-state index contributed by atoms with van der Waals surface area (Å²) in [6.07, 6.45) is 1.70. The fraction of sp³-hybridized carbons (Fsp3) is 0.100. The Balaban J connectivity index is 2.15. The monoisotopic (exact) mass is 302 g/mol. The molecule has 1 aromatic heterocycles. The van der Waals surface area contributed by atoms with Gasteiger partial charge in [0.25, 0.3) is 0 Å². The van der Waals surface area contributed by atoms with Gasteiger partial charge < -0.3 is 10.5 Å². The zero-order chi connectivity index (χ0) is 11.5. The summed E-state index contributed by atoms with van der Waals surface area (Å²) < 4.78 is 18.9. The number of aromatic nitrogens is 1. The smallest absolute Gasteiger partial charge is 0.157 e. The molecule has 0 atom stereocenters. The minimum Gasteiger partial charge on any atom is -0.483 e. The van der Waals surface area contributed by atoms with E-state index >= 15 is 0 Å². The van der Waals surface area contributed by atoms with E-state index in [1.807, 2.05) is 5.38 Å². The van der Waals surface area contributed by atoms with Gasteiger partial charge in [0, 0.05) is 17.6 Å². The molecular weight excluding hydrogens is 295 g/mol. The third-order valence-electron chi connectivity index (χ3n) is 1.86. The molecule has 0 aliphatic heterocycles. The van der Waals surface area contributed by atoms with Crippen LogP contribution in [0.5, 0.6) is 5.75 Å². The van der Waals surface area contributed by atoms with Crippen molar-refractivity contribution in [1.29, 1.82) is 0 Å². The van der Waals surface area contributed by atoms with E-state index in [1.54, 1.807) is 6.20 Å². The van der Waals surface area contributed by atoms with Crippen molar-refractivity contribution in [3.05, 3.63) is 39.0 Å². The molecule has 1 aromatic carbocycles. The Hall–Kier alpha value is -1.14. The van der Waals surface area contributed by atoms with E-state index in [1.165, 1.54) is 23.5 Å². The molecule has 0 aliphatic rings. The van der Waals surface area contributed by atoms with Gasteiger partial charge >= 0.3 is 0 Å². The van der Waals surface area contributed by atoms with Crippen LogP contribution in [0.3, 0.4) is 0 Å². The maximum Gasteiger partial charge on any atom is 0.157 e. The lowest BCUT2D eigenvalue weighted by molar-refractivity contribution is 0.305. The zero-order valence-electron chi connectivity index (χ0n) is 8.11. The van der Waals surface area contributed by atoms with Crippen LogP contribution < -0.4 is 10.5 Å².